The number of carbonyl (C=O) groups is 1. The highest BCUT2D eigenvalue weighted by molar-refractivity contribution is 6.05. The van der Waals surface area contributed by atoms with Crippen LogP contribution in [0.1, 0.15) is 22.8 Å². The lowest BCUT2D eigenvalue weighted by molar-refractivity contribution is 0.102. The maximum Gasteiger partial charge on any atom is 0.255 e. The molecule has 0 fully saturated rings. The van der Waals surface area contributed by atoms with Gasteiger partial charge in [-0.3, -0.25) is 4.79 Å². The number of amides is 1. The average Bonchev–Trinajstić information content (AvgIpc) is 2.45. The third kappa shape index (κ3) is 3.09. The average molecular weight is 271 g/mol. The number of hydrogen-bond acceptors (Lipinski definition) is 3. The van der Waals surface area contributed by atoms with Gasteiger partial charge in [0, 0.05) is 11.6 Å². The molecular formula is C16H17NO3. The van der Waals surface area contributed by atoms with E-state index in [9.17, 15) is 9.90 Å². The van der Waals surface area contributed by atoms with E-state index in [0.29, 0.717) is 29.2 Å². The zero-order valence-corrected chi connectivity index (χ0v) is 11.5. The summed E-state index contributed by atoms with van der Waals surface area (Å²) in [5.41, 5.74) is 1.71. The van der Waals surface area contributed by atoms with Gasteiger partial charge in [0.05, 0.1) is 12.3 Å². The lowest BCUT2D eigenvalue weighted by Crippen LogP contribution is -2.13. The van der Waals surface area contributed by atoms with Crippen molar-refractivity contribution in [2.24, 2.45) is 0 Å². The Balaban J connectivity index is 2.28. The van der Waals surface area contributed by atoms with Gasteiger partial charge in [-0.1, -0.05) is 18.2 Å². The summed E-state index contributed by atoms with van der Waals surface area (Å²) in [6.45, 7) is 4.13. The number of carbonyl (C=O) groups excluding carboxylic acids is 1. The zero-order chi connectivity index (χ0) is 14.5. The minimum atomic E-state index is -0.241. The van der Waals surface area contributed by atoms with Gasteiger partial charge in [-0.25, -0.2) is 0 Å². The second-order valence-electron chi connectivity index (χ2n) is 4.39. The molecule has 20 heavy (non-hydrogen) atoms. The molecule has 0 aliphatic carbocycles. The van der Waals surface area contributed by atoms with Crippen LogP contribution in [0.25, 0.3) is 0 Å². The van der Waals surface area contributed by atoms with E-state index in [-0.39, 0.29) is 11.7 Å². The van der Waals surface area contributed by atoms with E-state index in [2.05, 4.69) is 5.32 Å². The van der Waals surface area contributed by atoms with Crippen LogP contribution in [-0.4, -0.2) is 17.6 Å². The van der Waals surface area contributed by atoms with Crippen LogP contribution in [0.4, 0.5) is 5.69 Å². The molecule has 2 aromatic carbocycles. The summed E-state index contributed by atoms with van der Waals surface area (Å²) in [7, 11) is 0. The number of phenols is 1. The Labute approximate surface area is 118 Å². The summed E-state index contributed by atoms with van der Waals surface area (Å²) in [6.07, 6.45) is 0. The lowest BCUT2D eigenvalue weighted by atomic mass is 10.1. The number of hydrogen-bond donors (Lipinski definition) is 2. The number of benzene rings is 2. The van der Waals surface area contributed by atoms with E-state index in [1.165, 1.54) is 6.07 Å². The lowest BCUT2D eigenvalue weighted by Gasteiger charge is -2.13. The van der Waals surface area contributed by atoms with E-state index in [0.717, 1.165) is 0 Å². The fourth-order valence-electron chi connectivity index (χ4n) is 1.83. The predicted molar refractivity (Wildman–Crippen MR) is 78.4 cm³/mol. The van der Waals surface area contributed by atoms with Gasteiger partial charge in [0.1, 0.15) is 11.5 Å². The highest BCUT2D eigenvalue weighted by Gasteiger charge is 2.12. The monoisotopic (exact) mass is 271 g/mol. The minimum Gasteiger partial charge on any atom is -0.508 e. The van der Waals surface area contributed by atoms with Gasteiger partial charge in [-0.2, -0.15) is 0 Å². The molecule has 2 aromatic rings. The molecule has 0 aliphatic heterocycles. The van der Waals surface area contributed by atoms with Crippen molar-refractivity contribution in [3.8, 4) is 11.5 Å². The number of aromatic hydroxyl groups is 1. The third-order valence-corrected chi connectivity index (χ3v) is 2.88. The molecule has 2 N–H and O–H groups in total. The first-order valence-electron chi connectivity index (χ1n) is 6.44. The molecule has 104 valence electrons. The number of ether oxygens (including phenoxy) is 1. The maximum atomic E-state index is 12.1. The number of anilines is 1. The Bertz CT molecular complexity index is 609. The molecule has 0 radical (unpaired) electrons. The van der Waals surface area contributed by atoms with Gasteiger partial charge in [0.2, 0.25) is 0 Å². The molecule has 0 heterocycles. The fraction of sp³-hybridized carbons (Fsp3) is 0.188. The largest absolute Gasteiger partial charge is 0.508 e. The quantitative estimate of drug-likeness (QED) is 0.896. The molecular weight excluding hydrogens is 254 g/mol. The molecule has 0 spiro atoms. The summed E-state index contributed by atoms with van der Waals surface area (Å²) in [6, 6.07) is 12.1. The van der Waals surface area contributed by atoms with Gasteiger partial charge in [-0.15, -0.1) is 0 Å². The Kier molecular flexibility index (Phi) is 4.25. The molecule has 0 aromatic heterocycles. The van der Waals surface area contributed by atoms with Crippen LogP contribution >= 0.6 is 0 Å². The molecule has 4 nitrogen and oxygen atoms in total. The van der Waals surface area contributed by atoms with Crippen molar-refractivity contribution < 1.29 is 14.6 Å². The van der Waals surface area contributed by atoms with Crippen molar-refractivity contribution in [1.82, 2.24) is 0 Å². The van der Waals surface area contributed by atoms with Crippen LogP contribution in [-0.2, 0) is 0 Å². The van der Waals surface area contributed by atoms with Crippen molar-refractivity contribution in [2.75, 3.05) is 11.9 Å². The maximum absolute atomic E-state index is 12.1. The van der Waals surface area contributed by atoms with Crippen LogP contribution in [0.5, 0.6) is 11.5 Å². The van der Waals surface area contributed by atoms with E-state index < -0.39 is 0 Å². The van der Waals surface area contributed by atoms with Crippen LogP contribution in [0.2, 0.25) is 0 Å². The zero-order valence-electron chi connectivity index (χ0n) is 11.5. The van der Waals surface area contributed by atoms with Crippen molar-refractivity contribution >= 4 is 11.6 Å². The van der Waals surface area contributed by atoms with Gasteiger partial charge < -0.3 is 15.2 Å². The molecule has 4 heteroatoms. The highest BCUT2D eigenvalue weighted by atomic mass is 16.5. The normalized spacial score (nSPS) is 10.1. The van der Waals surface area contributed by atoms with Gasteiger partial charge >= 0.3 is 0 Å². The summed E-state index contributed by atoms with van der Waals surface area (Å²) in [4.78, 5) is 12.1. The Hall–Kier alpha value is -2.49. The summed E-state index contributed by atoms with van der Waals surface area (Å²) < 4.78 is 5.48. The predicted octanol–water partition coefficient (Wildman–Crippen LogP) is 3.35. The number of nitrogens with one attached hydrogen (secondary N) is 1. The molecule has 0 bridgehead atoms. The number of phenolic OH excluding ortho intramolecular Hbond substituents is 1. The minimum absolute atomic E-state index is 0.122. The van der Waals surface area contributed by atoms with Crippen LogP contribution in [0.3, 0.4) is 0 Å². The van der Waals surface area contributed by atoms with Gasteiger partial charge in [0.25, 0.3) is 5.91 Å². The third-order valence-electron chi connectivity index (χ3n) is 2.88. The SMILES string of the molecule is CCOc1cc(C)c(O)cc1NC(=O)c1ccccc1. The molecule has 1 amide bonds. The first-order chi connectivity index (χ1) is 9.61. The summed E-state index contributed by atoms with van der Waals surface area (Å²) in [5.74, 6) is 0.429. The van der Waals surface area contributed by atoms with Crippen molar-refractivity contribution in [3.05, 3.63) is 53.6 Å². The van der Waals surface area contributed by atoms with E-state index >= 15 is 0 Å². The molecule has 0 unspecified atom stereocenters. The Morgan fingerprint density at radius 2 is 1.95 bits per heavy atom. The van der Waals surface area contributed by atoms with E-state index in [1.54, 1.807) is 37.3 Å². The standard InChI is InChI=1S/C16H17NO3/c1-3-20-15-9-11(2)14(18)10-13(15)17-16(19)12-7-5-4-6-8-12/h4-10,18H,3H2,1-2H3,(H,17,19). The molecule has 2 rings (SSSR count). The fourth-order valence-corrected chi connectivity index (χ4v) is 1.83. The van der Waals surface area contributed by atoms with Gasteiger partial charge in [0.15, 0.2) is 0 Å². The molecule has 0 saturated carbocycles. The second kappa shape index (κ2) is 6.10. The number of aryl methyl sites for hydroxylation is 1. The van der Waals surface area contributed by atoms with Crippen LogP contribution < -0.4 is 10.1 Å². The van der Waals surface area contributed by atoms with Crippen molar-refractivity contribution in [2.45, 2.75) is 13.8 Å². The van der Waals surface area contributed by atoms with Crippen molar-refractivity contribution in [1.29, 1.82) is 0 Å². The number of rotatable bonds is 4. The Morgan fingerprint density at radius 1 is 1.25 bits per heavy atom. The first-order valence-corrected chi connectivity index (χ1v) is 6.44. The molecule has 0 aliphatic rings. The Morgan fingerprint density at radius 3 is 2.60 bits per heavy atom. The van der Waals surface area contributed by atoms with Crippen LogP contribution in [0, 0.1) is 6.92 Å². The summed E-state index contributed by atoms with van der Waals surface area (Å²) >= 11 is 0. The second-order valence-corrected chi connectivity index (χ2v) is 4.39. The molecule has 0 saturated heterocycles. The van der Waals surface area contributed by atoms with E-state index in [1.807, 2.05) is 13.0 Å². The van der Waals surface area contributed by atoms with E-state index in [4.69, 9.17) is 4.74 Å². The molecule has 0 atom stereocenters. The van der Waals surface area contributed by atoms with Crippen LogP contribution in [0.15, 0.2) is 42.5 Å². The highest BCUT2D eigenvalue weighted by Crippen LogP contribution is 2.32. The van der Waals surface area contributed by atoms with Gasteiger partial charge in [-0.05, 0) is 37.6 Å². The topological polar surface area (TPSA) is 58.6 Å². The van der Waals surface area contributed by atoms with Crippen molar-refractivity contribution in [3.63, 3.8) is 0 Å². The smallest absolute Gasteiger partial charge is 0.255 e. The first kappa shape index (κ1) is 13.9. The summed E-state index contributed by atoms with van der Waals surface area (Å²) in [5, 5.41) is 12.5.